The summed E-state index contributed by atoms with van der Waals surface area (Å²) in [5, 5.41) is 50.4. The molecule has 0 bridgehead atoms. The summed E-state index contributed by atoms with van der Waals surface area (Å²) in [4.78, 5) is 10.2. The van der Waals surface area contributed by atoms with Crippen LogP contribution in [0.15, 0.2) is 48.5 Å². The third-order valence-electron chi connectivity index (χ3n) is 4.32. The second-order valence-electron chi connectivity index (χ2n) is 6.19. The van der Waals surface area contributed by atoms with Gasteiger partial charge in [-0.05, 0) is 35.4 Å². The van der Waals surface area contributed by atoms with Gasteiger partial charge < -0.3 is 25.2 Å². The fourth-order valence-corrected chi connectivity index (χ4v) is 3.84. The fourth-order valence-electron chi connectivity index (χ4n) is 2.72. The molecule has 144 valence electrons. The molecule has 2 aromatic rings. The van der Waals surface area contributed by atoms with Crippen LogP contribution in [0.4, 0.5) is 5.69 Å². The van der Waals surface area contributed by atoms with E-state index < -0.39 is 34.8 Å². The quantitative estimate of drug-likeness (QED) is 0.440. The van der Waals surface area contributed by atoms with Crippen LogP contribution in [0.2, 0.25) is 0 Å². The maximum Gasteiger partial charge on any atom is 0.269 e. The Morgan fingerprint density at radius 3 is 2.11 bits per heavy atom. The van der Waals surface area contributed by atoms with Gasteiger partial charge in [-0.1, -0.05) is 12.1 Å². The molecule has 0 amide bonds. The summed E-state index contributed by atoms with van der Waals surface area (Å²) in [5.41, 5.74) is 0.326. The van der Waals surface area contributed by atoms with Gasteiger partial charge in [0.1, 0.15) is 24.1 Å². The van der Waals surface area contributed by atoms with Crippen molar-refractivity contribution in [3.8, 4) is 5.75 Å². The topological polar surface area (TPSA) is 133 Å². The first-order valence-corrected chi connectivity index (χ1v) is 9.26. The van der Waals surface area contributed by atoms with E-state index in [1.165, 1.54) is 36.0 Å². The van der Waals surface area contributed by atoms with Gasteiger partial charge in [0.05, 0.1) is 11.0 Å². The number of thioether (sulfide) groups is 1. The van der Waals surface area contributed by atoms with Gasteiger partial charge in [0.2, 0.25) is 0 Å². The highest BCUT2D eigenvalue weighted by Gasteiger charge is 2.38. The SMILES string of the molecule is O=[N+]([O-])c1ccc(C(O)c2ccc(O[C@@H]3SC[C@@H](O)[C@H](O)[C@H]3O)cc2)cc1. The highest BCUT2D eigenvalue weighted by molar-refractivity contribution is 7.99. The summed E-state index contributed by atoms with van der Waals surface area (Å²) in [7, 11) is 0. The summed E-state index contributed by atoms with van der Waals surface area (Å²) >= 11 is 1.20. The summed E-state index contributed by atoms with van der Waals surface area (Å²) in [5.74, 6) is 0.689. The van der Waals surface area contributed by atoms with Crippen molar-refractivity contribution in [1.82, 2.24) is 0 Å². The molecule has 0 saturated carbocycles. The van der Waals surface area contributed by atoms with Crippen molar-refractivity contribution < 1.29 is 30.1 Å². The number of hydrogen-bond donors (Lipinski definition) is 4. The maximum absolute atomic E-state index is 10.7. The first kappa shape index (κ1) is 19.6. The summed E-state index contributed by atoms with van der Waals surface area (Å²) in [6.45, 7) is 0. The molecular formula is C18H19NO7S. The largest absolute Gasteiger partial charge is 0.477 e. The smallest absolute Gasteiger partial charge is 0.269 e. The molecule has 3 rings (SSSR count). The summed E-state index contributed by atoms with van der Waals surface area (Å²) < 4.78 is 5.65. The van der Waals surface area contributed by atoms with Gasteiger partial charge in [0.15, 0.2) is 5.44 Å². The molecule has 0 aliphatic carbocycles. The third kappa shape index (κ3) is 4.40. The van der Waals surface area contributed by atoms with Gasteiger partial charge in [-0.2, -0.15) is 0 Å². The minimum Gasteiger partial charge on any atom is -0.477 e. The molecule has 0 aromatic heterocycles. The van der Waals surface area contributed by atoms with Gasteiger partial charge in [-0.3, -0.25) is 10.1 Å². The number of aliphatic hydroxyl groups is 4. The van der Waals surface area contributed by atoms with E-state index in [2.05, 4.69) is 0 Å². The van der Waals surface area contributed by atoms with Crippen LogP contribution in [-0.4, -0.2) is 54.9 Å². The molecule has 9 heteroatoms. The predicted octanol–water partition coefficient (Wildman–Crippen LogP) is 1.21. The number of nitrogens with zero attached hydrogens (tertiary/aromatic N) is 1. The van der Waals surface area contributed by atoms with E-state index in [4.69, 9.17) is 4.74 Å². The van der Waals surface area contributed by atoms with E-state index in [0.29, 0.717) is 16.9 Å². The van der Waals surface area contributed by atoms with Crippen LogP contribution < -0.4 is 4.74 Å². The number of aliphatic hydroxyl groups excluding tert-OH is 4. The molecule has 1 heterocycles. The Balaban J connectivity index is 1.67. The molecule has 0 spiro atoms. The number of non-ortho nitro benzene ring substituents is 1. The second-order valence-corrected chi connectivity index (χ2v) is 7.32. The Morgan fingerprint density at radius 2 is 1.56 bits per heavy atom. The summed E-state index contributed by atoms with van der Waals surface area (Å²) in [6.07, 6.45) is -4.43. The third-order valence-corrected chi connectivity index (χ3v) is 5.56. The van der Waals surface area contributed by atoms with Gasteiger partial charge in [0, 0.05) is 17.9 Å². The molecule has 5 atom stereocenters. The maximum atomic E-state index is 10.7. The number of hydrogen-bond acceptors (Lipinski definition) is 8. The number of ether oxygens (including phenoxy) is 1. The Morgan fingerprint density at radius 1 is 1.00 bits per heavy atom. The van der Waals surface area contributed by atoms with Crippen LogP contribution in [0.5, 0.6) is 5.75 Å². The van der Waals surface area contributed by atoms with E-state index in [9.17, 15) is 30.5 Å². The van der Waals surface area contributed by atoms with Crippen molar-refractivity contribution in [1.29, 1.82) is 0 Å². The van der Waals surface area contributed by atoms with Gasteiger partial charge in [-0.15, -0.1) is 11.8 Å². The first-order valence-electron chi connectivity index (χ1n) is 8.21. The van der Waals surface area contributed by atoms with Crippen molar-refractivity contribution >= 4 is 17.4 Å². The second kappa shape index (κ2) is 8.24. The highest BCUT2D eigenvalue weighted by atomic mass is 32.2. The van der Waals surface area contributed by atoms with E-state index in [-0.39, 0.29) is 11.4 Å². The van der Waals surface area contributed by atoms with Crippen LogP contribution in [0, 0.1) is 10.1 Å². The van der Waals surface area contributed by atoms with Crippen LogP contribution in [0.25, 0.3) is 0 Å². The average Bonchev–Trinajstić information content (AvgIpc) is 2.68. The van der Waals surface area contributed by atoms with Crippen LogP contribution in [-0.2, 0) is 0 Å². The van der Waals surface area contributed by atoms with Crippen LogP contribution in [0.1, 0.15) is 17.2 Å². The zero-order chi connectivity index (χ0) is 19.6. The van der Waals surface area contributed by atoms with Gasteiger partial charge in [0.25, 0.3) is 5.69 Å². The van der Waals surface area contributed by atoms with E-state index >= 15 is 0 Å². The predicted molar refractivity (Wildman–Crippen MR) is 98.5 cm³/mol. The highest BCUT2D eigenvalue weighted by Crippen LogP contribution is 2.30. The molecule has 1 aliphatic rings. The standard InChI is InChI=1S/C18H19NO7S/c20-14-9-27-18(17(23)16(14)22)26-13-7-3-11(4-8-13)15(21)10-1-5-12(6-2-10)19(24)25/h1-8,14-18,20-23H,9H2/t14-,15?,16+,17-,18-/m1/s1. The lowest BCUT2D eigenvalue weighted by Crippen LogP contribution is -2.50. The van der Waals surface area contributed by atoms with E-state index in [1.54, 1.807) is 24.3 Å². The molecule has 4 N–H and O–H groups in total. The van der Waals surface area contributed by atoms with Crippen molar-refractivity contribution in [2.45, 2.75) is 29.9 Å². The lowest BCUT2D eigenvalue weighted by Gasteiger charge is -2.34. The lowest BCUT2D eigenvalue weighted by atomic mass is 10.0. The van der Waals surface area contributed by atoms with Gasteiger partial charge in [-0.25, -0.2) is 0 Å². The molecule has 8 nitrogen and oxygen atoms in total. The molecule has 0 radical (unpaired) electrons. The van der Waals surface area contributed by atoms with Crippen molar-refractivity contribution in [3.05, 3.63) is 69.8 Å². The van der Waals surface area contributed by atoms with Crippen LogP contribution >= 0.6 is 11.8 Å². The zero-order valence-corrected chi connectivity index (χ0v) is 14.9. The Bertz CT molecular complexity index is 783. The molecule has 1 aliphatic heterocycles. The molecule has 2 aromatic carbocycles. The Hall–Kier alpha value is -2.17. The number of rotatable bonds is 5. The van der Waals surface area contributed by atoms with E-state index in [1.807, 2.05) is 0 Å². The van der Waals surface area contributed by atoms with Crippen molar-refractivity contribution in [2.75, 3.05) is 5.75 Å². The number of nitro groups is 1. The Labute approximate surface area is 159 Å². The number of nitro benzene ring substituents is 1. The molecule has 27 heavy (non-hydrogen) atoms. The van der Waals surface area contributed by atoms with Crippen LogP contribution in [0.3, 0.4) is 0 Å². The zero-order valence-electron chi connectivity index (χ0n) is 14.1. The minimum atomic E-state index is -1.26. The molecular weight excluding hydrogens is 374 g/mol. The average molecular weight is 393 g/mol. The van der Waals surface area contributed by atoms with E-state index in [0.717, 1.165) is 0 Å². The van der Waals surface area contributed by atoms with Crippen molar-refractivity contribution in [2.24, 2.45) is 0 Å². The van der Waals surface area contributed by atoms with Gasteiger partial charge >= 0.3 is 0 Å². The molecule has 1 saturated heterocycles. The normalized spacial score (nSPS) is 26.4. The first-order chi connectivity index (χ1) is 12.9. The van der Waals surface area contributed by atoms with Crippen molar-refractivity contribution in [3.63, 3.8) is 0 Å². The lowest BCUT2D eigenvalue weighted by molar-refractivity contribution is -0.384. The summed E-state index contributed by atoms with van der Waals surface area (Å²) in [6, 6.07) is 12.2. The molecule has 1 unspecified atom stereocenters. The number of benzene rings is 2. The molecule has 1 fully saturated rings. The monoisotopic (exact) mass is 393 g/mol. The fraction of sp³-hybridized carbons (Fsp3) is 0.333. The Kier molecular flexibility index (Phi) is 5.98. The minimum absolute atomic E-state index is 0.0504.